The molecule has 1 saturated heterocycles. The Morgan fingerprint density at radius 3 is 2.52 bits per heavy atom. The minimum Gasteiger partial charge on any atom is -0.305 e. The maximum Gasteiger partial charge on any atom is 0.338 e. The Morgan fingerprint density at radius 2 is 1.74 bits per heavy atom. The normalized spacial score (nSPS) is 15.9. The zero-order valence-electron chi connectivity index (χ0n) is 16.9. The zero-order valence-corrected chi connectivity index (χ0v) is 19.8. The number of piperidine rings is 1. The second-order valence-corrected chi connectivity index (χ2v) is 9.49. The van der Waals surface area contributed by atoms with Crippen molar-refractivity contribution in [2.45, 2.75) is 31.8 Å². The van der Waals surface area contributed by atoms with Crippen molar-refractivity contribution in [3.8, 4) is 0 Å². The molecule has 0 amide bonds. The Labute approximate surface area is 197 Å². The monoisotopic (exact) mass is 551 g/mol. The molecule has 1 aliphatic rings. The Kier molecular flexibility index (Phi) is 5.70. The second kappa shape index (κ2) is 8.48. The van der Waals surface area contributed by atoms with E-state index in [2.05, 4.69) is 32.7 Å². The van der Waals surface area contributed by atoms with Gasteiger partial charge in [-0.2, -0.15) is 0 Å². The number of aromatic nitrogens is 4. The molecule has 162 valence electrons. The Balaban J connectivity index is 1.22. The van der Waals surface area contributed by atoms with Crippen LogP contribution in [0.5, 0.6) is 0 Å². The molecule has 5 rings (SSSR count). The minimum absolute atomic E-state index is 0.0272. The van der Waals surface area contributed by atoms with Gasteiger partial charge in [-0.05, 0) is 56.1 Å². The number of H-pyrrole nitrogens is 1. The predicted octanol–water partition coefficient (Wildman–Crippen LogP) is 4.02. The molecule has 1 aliphatic heterocycles. The number of hydrogen-bond acceptors (Lipinski definition) is 3. The van der Waals surface area contributed by atoms with Crippen molar-refractivity contribution in [2.75, 3.05) is 19.6 Å². The number of halogens is 2. The van der Waals surface area contributed by atoms with Crippen LogP contribution in [0.4, 0.5) is 0 Å². The fourth-order valence-corrected chi connectivity index (χ4v) is 5.55. The van der Waals surface area contributed by atoms with E-state index in [1.807, 2.05) is 45.5 Å². The highest BCUT2D eigenvalue weighted by Gasteiger charge is 2.23. The summed E-state index contributed by atoms with van der Waals surface area (Å²) in [5.41, 5.74) is 3.62. The third-order valence-electron chi connectivity index (χ3n) is 6.24. The molecule has 7 nitrogen and oxygen atoms in total. The molecule has 31 heavy (non-hydrogen) atoms. The molecule has 0 aliphatic carbocycles. The van der Waals surface area contributed by atoms with E-state index in [9.17, 15) is 9.59 Å². The van der Waals surface area contributed by atoms with Gasteiger partial charge in [-0.25, -0.2) is 12.4 Å². The predicted molar refractivity (Wildman–Crippen MR) is 133 cm³/mol. The van der Waals surface area contributed by atoms with Crippen LogP contribution in [0.1, 0.15) is 25.3 Å². The van der Waals surface area contributed by atoms with Gasteiger partial charge in [0.25, 0.3) is 0 Å². The van der Waals surface area contributed by atoms with Gasteiger partial charge in [0.1, 0.15) is 0 Å². The van der Waals surface area contributed by atoms with Crippen molar-refractivity contribution >= 4 is 56.5 Å². The summed E-state index contributed by atoms with van der Waals surface area (Å²) in [5, 5.41) is 0.625. The van der Waals surface area contributed by atoms with E-state index in [1.165, 1.54) is 0 Å². The van der Waals surface area contributed by atoms with Crippen LogP contribution in [0.25, 0.3) is 22.1 Å². The first-order chi connectivity index (χ1) is 15.0. The third kappa shape index (κ3) is 3.85. The molecule has 0 saturated carbocycles. The van der Waals surface area contributed by atoms with Gasteiger partial charge in [0.2, 0.25) is 0 Å². The second-order valence-electron chi connectivity index (χ2n) is 8.09. The Hall–Kier alpha value is -2.04. The Morgan fingerprint density at radius 1 is 1.00 bits per heavy atom. The van der Waals surface area contributed by atoms with Crippen molar-refractivity contribution in [3.63, 3.8) is 0 Å². The number of fused-ring (bicyclic) bond motifs is 2. The first-order valence-corrected chi connectivity index (χ1v) is 11.9. The summed E-state index contributed by atoms with van der Waals surface area (Å²) in [6.07, 6.45) is 2.78. The third-order valence-corrected chi connectivity index (χ3v) is 7.41. The average Bonchev–Trinajstić information content (AvgIpc) is 3.22. The van der Waals surface area contributed by atoms with Crippen molar-refractivity contribution in [1.82, 2.24) is 21.8 Å². The molecule has 2 aromatic heterocycles. The van der Waals surface area contributed by atoms with Crippen LogP contribution in [-0.4, -0.2) is 41.4 Å². The van der Waals surface area contributed by atoms with Gasteiger partial charge in [-0.3, -0.25) is 9.13 Å². The number of imidazole rings is 2. The number of rotatable bonds is 5. The number of hydrogen-bond donors (Lipinski definition) is 1. The number of benzene rings is 2. The van der Waals surface area contributed by atoms with E-state index < -0.39 is 0 Å². The number of aryl methyl sites for hydroxylation is 1. The van der Waals surface area contributed by atoms with Crippen LogP contribution >= 0.6 is 34.5 Å². The number of nitrogens with one attached hydrogen (secondary N) is 1. The maximum atomic E-state index is 12.6. The van der Waals surface area contributed by atoms with E-state index >= 15 is 0 Å². The minimum atomic E-state index is -0.0646. The van der Waals surface area contributed by atoms with E-state index in [4.69, 9.17) is 11.6 Å². The highest BCUT2D eigenvalue weighted by atomic mass is 127. The van der Waals surface area contributed by atoms with E-state index in [0.717, 1.165) is 61.0 Å². The van der Waals surface area contributed by atoms with Crippen LogP contribution in [0, 0.1) is 0 Å². The van der Waals surface area contributed by atoms with E-state index in [-0.39, 0.29) is 17.4 Å². The van der Waals surface area contributed by atoms with Gasteiger partial charge in [-0.1, -0.05) is 23.7 Å². The highest BCUT2D eigenvalue weighted by molar-refractivity contribution is 14.1. The van der Waals surface area contributed by atoms with Gasteiger partial charge in [0.05, 0.1) is 44.9 Å². The van der Waals surface area contributed by atoms with Crippen LogP contribution in [0.15, 0.2) is 52.1 Å². The van der Waals surface area contributed by atoms with Gasteiger partial charge < -0.3 is 9.88 Å². The van der Waals surface area contributed by atoms with E-state index in [0.29, 0.717) is 11.6 Å². The number of para-hydroxylation sites is 2. The summed E-state index contributed by atoms with van der Waals surface area (Å²) in [7, 11) is 0. The molecule has 2 aromatic carbocycles. The first-order valence-electron chi connectivity index (χ1n) is 10.5. The van der Waals surface area contributed by atoms with Gasteiger partial charge in [0.15, 0.2) is 0 Å². The van der Waals surface area contributed by atoms with Crippen LogP contribution < -0.4 is 11.4 Å². The summed E-state index contributed by atoms with van der Waals surface area (Å²) >= 11 is 8.13. The lowest BCUT2D eigenvalue weighted by Crippen LogP contribution is -2.37. The quantitative estimate of drug-likeness (QED) is 0.381. The summed E-state index contributed by atoms with van der Waals surface area (Å²) < 4.78 is 5.44. The summed E-state index contributed by atoms with van der Waals surface area (Å²) in [6.45, 7) is 3.54. The smallest absolute Gasteiger partial charge is 0.305 e. The lowest BCUT2D eigenvalue weighted by atomic mass is 10.0. The standard InChI is InChI=1S/C22H23ClIN5O2/c23-15-6-7-18-17(14-15)25-21(30)28(18)16-8-12-26(13-9-16)10-3-11-27-19-4-1-2-5-20(19)29(24)22(27)31/h1-2,4-7,14,16H,3,8-13H2,(H,25,30). The average molecular weight is 552 g/mol. The lowest BCUT2D eigenvalue weighted by molar-refractivity contribution is 0.183. The SMILES string of the molecule is O=c1n(I)c2ccccc2n1CCCN1CCC(n2c(=O)[nH]c3cc(Cl)ccc32)CC1. The van der Waals surface area contributed by atoms with Crippen molar-refractivity contribution < 1.29 is 0 Å². The summed E-state index contributed by atoms with van der Waals surface area (Å²) in [4.78, 5) is 30.4. The molecule has 3 heterocycles. The van der Waals surface area contributed by atoms with Gasteiger partial charge in [0, 0.05) is 30.7 Å². The zero-order chi connectivity index (χ0) is 21.5. The molecular weight excluding hydrogens is 529 g/mol. The molecule has 1 fully saturated rings. The molecule has 1 N–H and O–H groups in total. The van der Waals surface area contributed by atoms with Crippen LogP contribution in [-0.2, 0) is 6.54 Å². The molecule has 0 bridgehead atoms. The lowest BCUT2D eigenvalue weighted by Gasteiger charge is -2.32. The van der Waals surface area contributed by atoms with Crippen LogP contribution in [0.2, 0.25) is 5.02 Å². The van der Waals surface area contributed by atoms with Crippen molar-refractivity contribution in [3.05, 3.63) is 68.5 Å². The van der Waals surface area contributed by atoms with Crippen molar-refractivity contribution in [2.24, 2.45) is 0 Å². The summed E-state index contributed by atoms with van der Waals surface area (Å²) in [5.74, 6) is 0. The topological polar surface area (TPSA) is 68.0 Å². The molecule has 0 atom stereocenters. The van der Waals surface area contributed by atoms with E-state index in [1.54, 1.807) is 8.85 Å². The molecule has 9 heteroatoms. The largest absolute Gasteiger partial charge is 0.338 e. The Bertz CT molecular complexity index is 1360. The molecule has 0 unspecified atom stereocenters. The number of nitrogens with zero attached hydrogens (tertiary/aromatic N) is 4. The fourth-order valence-electron chi connectivity index (χ4n) is 4.71. The molecule has 0 spiro atoms. The van der Waals surface area contributed by atoms with Gasteiger partial charge in [-0.15, -0.1) is 0 Å². The molecular formula is C22H23ClIN5O2. The molecule has 4 aromatic rings. The number of likely N-dealkylation sites (tertiary alicyclic amines) is 1. The maximum absolute atomic E-state index is 12.6. The van der Waals surface area contributed by atoms with Crippen molar-refractivity contribution in [1.29, 1.82) is 0 Å². The summed E-state index contributed by atoms with van der Waals surface area (Å²) in [6, 6.07) is 13.7. The number of aromatic amines is 1. The first kappa shape index (κ1) is 20.8. The van der Waals surface area contributed by atoms with Gasteiger partial charge >= 0.3 is 11.4 Å². The highest BCUT2D eigenvalue weighted by Crippen LogP contribution is 2.26. The molecule has 0 radical (unpaired) electrons. The van der Waals surface area contributed by atoms with Crippen LogP contribution in [0.3, 0.4) is 0 Å². The fraction of sp³-hybridized carbons (Fsp3) is 0.364.